The standard InChI is InChI=1S/C14H10Cl2N4O/c15-10-3-1-9(2-4-10)13(14-17-19-20-18-14)21-12-7-5-11(16)6-8-12/h1-8,13H,(H,17,18,19,20)/t13-/m1/s1. The number of nitrogens with zero attached hydrogens (tertiary/aromatic N) is 3. The summed E-state index contributed by atoms with van der Waals surface area (Å²) in [6.07, 6.45) is -0.484. The van der Waals surface area contributed by atoms with Crippen LogP contribution in [0.5, 0.6) is 5.75 Å². The van der Waals surface area contributed by atoms with Crippen molar-refractivity contribution < 1.29 is 4.74 Å². The molecule has 1 aromatic heterocycles. The van der Waals surface area contributed by atoms with Crippen molar-refractivity contribution >= 4 is 23.2 Å². The van der Waals surface area contributed by atoms with E-state index in [0.717, 1.165) is 5.56 Å². The second-order valence-corrected chi connectivity index (χ2v) is 5.15. The summed E-state index contributed by atoms with van der Waals surface area (Å²) in [4.78, 5) is 0. The molecule has 7 heteroatoms. The van der Waals surface area contributed by atoms with E-state index in [1.54, 1.807) is 36.4 Å². The van der Waals surface area contributed by atoms with E-state index in [4.69, 9.17) is 27.9 Å². The summed E-state index contributed by atoms with van der Waals surface area (Å²) in [6.45, 7) is 0. The normalized spacial score (nSPS) is 12.1. The van der Waals surface area contributed by atoms with Crippen molar-refractivity contribution in [3.8, 4) is 5.75 Å². The van der Waals surface area contributed by atoms with Crippen LogP contribution in [0.25, 0.3) is 0 Å². The molecule has 106 valence electrons. The lowest BCUT2D eigenvalue weighted by Crippen LogP contribution is -2.11. The maximum atomic E-state index is 5.95. The summed E-state index contributed by atoms with van der Waals surface area (Å²) >= 11 is 11.8. The monoisotopic (exact) mass is 320 g/mol. The number of ether oxygens (including phenoxy) is 1. The fraction of sp³-hybridized carbons (Fsp3) is 0.0714. The van der Waals surface area contributed by atoms with Crippen LogP contribution in [-0.4, -0.2) is 20.6 Å². The highest BCUT2D eigenvalue weighted by atomic mass is 35.5. The molecule has 0 aliphatic heterocycles. The second-order valence-electron chi connectivity index (χ2n) is 4.27. The SMILES string of the molecule is Clc1ccc(O[C@H](c2ccc(Cl)cc2)c2nn[nH]n2)cc1. The number of aromatic nitrogens is 4. The number of halogens is 2. The quantitative estimate of drug-likeness (QED) is 0.796. The van der Waals surface area contributed by atoms with Crippen LogP contribution in [-0.2, 0) is 0 Å². The molecule has 0 unspecified atom stereocenters. The first kappa shape index (κ1) is 13.9. The fourth-order valence-electron chi connectivity index (χ4n) is 1.84. The zero-order chi connectivity index (χ0) is 14.7. The van der Waals surface area contributed by atoms with Crippen molar-refractivity contribution in [2.75, 3.05) is 0 Å². The molecule has 0 amide bonds. The van der Waals surface area contributed by atoms with Crippen LogP contribution in [0.1, 0.15) is 17.5 Å². The van der Waals surface area contributed by atoms with Gasteiger partial charge in [0.1, 0.15) is 5.75 Å². The number of aromatic amines is 1. The molecule has 0 saturated heterocycles. The van der Waals surface area contributed by atoms with Crippen molar-refractivity contribution in [2.24, 2.45) is 0 Å². The first-order chi connectivity index (χ1) is 10.2. The summed E-state index contributed by atoms with van der Waals surface area (Å²) in [7, 11) is 0. The van der Waals surface area contributed by atoms with Crippen LogP contribution in [0.4, 0.5) is 0 Å². The molecule has 0 saturated carbocycles. The van der Waals surface area contributed by atoms with Gasteiger partial charge >= 0.3 is 0 Å². The average molecular weight is 321 g/mol. The highest BCUT2D eigenvalue weighted by Gasteiger charge is 2.20. The Bertz CT molecular complexity index is 699. The lowest BCUT2D eigenvalue weighted by Gasteiger charge is -2.16. The third-order valence-corrected chi connectivity index (χ3v) is 3.34. The average Bonchev–Trinajstić information content (AvgIpc) is 3.02. The van der Waals surface area contributed by atoms with Gasteiger partial charge in [0.2, 0.25) is 5.82 Å². The van der Waals surface area contributed by atoms with E-state index in [1.165, 1.54) is 0 Å². The third-order valence-electron chi connectivity index (χ3n) is 2.84. The first-order valence-corrected chi connectivity index (χ1v) is 6.89. The van der Waals surface area contributed by atoms with Crippen molar-refractivity contribution in [1.29, 1.82) is 0 Å². The summed E-state index contributed by atoms with van der Waals surface area (Å²) in [5.74, 6) is 1.09. The summed E-state index contributed by atoms with van der Waals surface area (Å²) in [6, 6.07) is 14.4. The molecule has 0 spiro atoms. The Morgan fingerprint density at radius 2 is 1.52 bits per heavy atom. The van der Waals surface area contributed by atoms with Gasteiger partial charge in [-0.05, 0) is 36.4 Å². The lowest BCUT2D eigenvalue weighted by atomic mass is 10.1. The molecule has 0 radical (unpaired) electrons. The Morgan fingerprint density at radius 3 is 2.10 bits per heavy atom. The number of hydrogen-bond donors (Lipinski definition) is 1. The summed E-state index contributed by atoms with van der Waals surface area (Å²) in [5, 5.41) is 15.3. The number of tetrazole rings is 1. The van der Waals surface area contributed by atoms with Gasteiger partial charge in [0, 0.05) is 15.6 Å². The molecular formula is C14H10Cl2N4O. The Balaban J connectivity index is 1.93. The van der Waals surface area contributed by atoms with Crippen LogP contribution in [0.2, 0.25) is 10.0 Å². The van der Waals surface area contributed by atoms with E-state index in [2.05, 4.69) is 20.6 Å². The highest BCUT2D eigenvalue weighted by Crippen LogP contribution is 2.27. The first-order valence-electron chi connectivity index (χ1n) is 6.13. The van der Waals surface area contributed by atoms with Gasteiger partial charge in [-0.15, -0.1) is 10.2 Å². The molecule has 3 aromatic rings. The molecule has 3 rings (SSSR count). The molecule has 0 aliphatic rings. The van der Waals surface area contributed by atoms with E-state index in [0.29, 0.717) is 21.6 Å². The molecule has 5 nitrogen and oxygen atoms in total. The predicted molar refractivity (Wildman–Crippen MR) is 79.6 cm³/mol. The van der Waals surface area contributed by atoms with Gasteiger partial charge in [-0.25, -0.2) is 0 Å². The number of hydrogen-bond acceptors (Lipinski definition) is 4. The minimum absolute atomic E-state index is 0.437. The van der Waals surface area contributed by atoms with Gasteiger partial charge in [0.25, 0.3) is 0 Å². The third kappa shape index (κ3) is 3.32. The lowest BCUT2D eigenvalue weighted by molar-refractivity contribution is 0.237. The second kappa shape index (κ2) is 6.11. The Labute approximate surface area is 130 Å². The van der Waals surface area contributed by atoms with Gasteiger partial charge in [0.05, 0.1) is 0 Å². The van der Waals surface area contributed by atoms with Crippen molar-refractivity contribution in [2.45, 2.75) is 6.10 Å². The van der Waals surface area contributed by atoms with Crippen LogP contribution in [0, 0.1) is 0 Å². The van der Waals surface area contributed by atoms with E-state index < -0.39 is 6.10 Å². The van der Waals surface area contributed by atoms with E-state index in [9.17, 15) is 0 Å². The van der Waals surface area contributed by atoms with Gasteiger partial charge in [0.15, 0.2) is 6.10 Å². The van der Waals surface area contributed by atoms with Crippen molar-refractivity contribution in [1.82, 2.24) is 20.6 Å². The predicted octanol–water partition coefficient (Wildman–Crippen LogP) is 3.67. The maximum Gasteiger partial charge on any atom is 0.219 e. The van der Waals surface area contributed by atoms with Crippen LogP contribution < -0.4 is 4.74 Å². The molecule has 2 aromatic carbocycles. The Morgan fingerprint density at radius 1 is 0.905 bits per heavy atom. The molecule has 0 aliphatic carbocycles. The van der Waals surface area contributed by atoms with Crippen LogP contribution in [0.15, 0.2) is 48.5 Å². The minimum Gasteiger partial charge on any atom is -0.478 e. The fourth-order valence-corrected chi connectivity index (χ4v) is 2.09. The molecule has 1 heterocycles. The van der Waals surface area contributed by atoms with Gasteiger partial charge in [-0.3, -0.25) is 0 Å². The summed E-state index contributed by atoms with van der Waals surface area (Å²) < 4.78 is 5.95. The number of rotatable bonds is 4. The van der Waals surface area contributed by atoms with Gasteiger partial charge in [-0.2, -0.15) is 5.21 Å². The zero-order valence-corrected chi connectivity index (χ0v) is 12.2. The minimum atomic E-state index is -0.484. The maximum absolute atomic E-state index is 5.95. The molecule has 1 atom stereocenters. The summed E-state index contributed by atoms with van der Waals surface area (Å²) in [5.41, 5.74) is 0.871. The molecule has 1 N–H and O–H groups in total. The molecular weight excluding hydrogens is 311 g/mol. The van der Waals surface area contributed by atoms with Crippen LogP contribution in [0.3, 0.4) is 0 Å². The van der Waals surface area contributed by atoms with E-state index in [-0.39, 0.29) is 0 Å². The highest BCUT2D eigenvalue weighted by molar-refractivity contribution is 6.30. The number of nitrogens with one attached hydrogen (secondary N) is 1. The number of benzene rings is 2. The van der Waals surface area contributed by atoms with Crippen LogP contribution >= 0.6 is 23.2 Å². The smallest absolute Gasteiger partial charge is 0.219 e. The Kier molecular flexibility index (Phi) is 4.03. The number of H-pyrrole nitrogens is 1. The van der Waals surface area contributed by atoms with E-state index >= 15 is 0 Å². The van der Waals surface area contributed by atoms with Gasteiger partial charge < -0.3 is 4.74 Å². The van der Waals surface area contributed by atoms with Crippen molar-refractivity contribution in [3.63, 3.8) is 0 Å². The van der Waals surface area contributed by atoms with Crippen molar-refractivity contribution in [3.05, 3.63) is 70.0 Å². The molecule has 0 fully saturated rings. The van der Waals surface area contributed by atoms with Gasteiger partial charge in [-0.1, -0.05) is 40.5 Å². The molecule has 0 bridgehead atoms. The van der Waals surface area contributed by atoms with E-state index in [1.807, 2.05) is 12.1 Å². The largest absolute Gasteiger partial charge is 0.478 e. The Hall–Kier alpha value is -2.11. The topological polar surface area (TPSA) is 63.7 Å². The molecule has 21 heavy (non-hydrogen) atoms. The zero-order valence-electron chi connectivity index (χ0n) is 10.7.